The van der Waals surface area contributed by atoms with Crippen LogP contribution in [0.2, 0.25) is 0 Å². The van der Waals surface area contributed by atoms with Crippen molar-refractivity contribution in [1.29, 1.82) is 0 Å². The van der Waals surface area contributed by atoms with Gasteiger partial charge in [-0.15, -0.1) is 0 Å². The van der Waals surface area contributed by atoms with E-state index in [0.717, 1.165) is 36.0 Å². The summed E-state index contributed by atoms with van der Waals surface area (Å²) in [6.07, 6.45) is 1.08. The SMILES string of the molecule is CCCNc1nc(C)nc(NC(C)c2ccsc2)c1C. The molecule has 0 aliphatic rings. The Morgan fingerprint density at radius 1 is 1.25 bits per heavy atom. The number of aromatic nitrogens is 2. The zero-order valence-electron chi connectivity index (χ0n) is 12.5. The van der Waals surface area contributed by atoms with Gasteiger partial charge in [-0.1, -0.05) is 6.92 Å². The molecule has 20 heavy (non-hydrogen) atoms. The predicted octanol–water partition coefficient (Wildman–Crippen LogP) is 4.15. The largest absolute Gasteiger partial charge is 0.370 e. The van der Waals surface area contributed by atoms with Crippen LogP contribution >= 0.6 is 11.3 Å². The lowest BCUT2D eigenvalue weighted by Gasteiger charge is -2.18. The molecule has 0 radical (unpaired) electrons. The van der Waals surface area contributed by atoms with Crippen LogP contribution in [0.1, 0.15) is 43.3 Å². The van der Waals surface area contributed by atoms with Crippen molar-refractivity contribution >= 4 is 23.0 Å². The monoisotopic (exact) mass is 290 g/mol. The van der Waals surface area contributed by atoms with E-state index in [-0.39, 0.29) is 6.04 Å². The molecule has 0 amide bonds. The molecule has 0 aliphatic heterocycles. The van der Waals surface area contributed by atoms with Gasteiger partial charge in [0, 0.05) is 12.1 Å². The smallest absolute Gasteiger partial charge is 0.135 e. The molecule has 2 heterocycles. The molecular weight excluding hydrogens is 268 g/mol. The molecule has 4 nitrogen and oxygen atoms in total. The van der Waals surface area contributed by atoms with Gasteiger partial charge in [-0.25, -0.2) is 9.97 Å². The van der Waals surface area contributed by atoms with Crippen LogP contribution in [0.25, 0.3) is 0 Å². The van der Waals surface area contributed by atoms with Crippen molar-refractivity contribution < 1.29 is 0 Å². The maximum atomic E-state index is 4.53. The third kappa shape index (κ3) is 3.48. The Bertz CT molecular complexity index is 551. The maximum Gasteiger partial charge on any atom is 0.135 e. The number of nitrogens with one attached hydrogen (secondary N) is 2. The van der Waals surface area contributed by atoms with Gasteiger partial charge in [0.2, 0.25) is 0 Å². The fourth-order valence-electron chi connectivity index (χ4n) is 1.99. The topological polar surface area (TPSA) is 49.8 Å². The van der Waals surface area contributed by atoms with Crippen LogP contribution in [-0.2, 0) is 0 Å². The molecule has 2 N–H and O–H groups in total. The quantitative estimate of drug-likeness (QED) is 0.839. The normalized spacial score (nSPS) is 12.2. The van der Waals surface area contributed by atoms with Crippen molar-refractivity contribution in [2.45, 2.75) is 40.2 Å². The predicted molar refractivity (Wildman–Crippen MR) is 86.6 cm³/mol. The van der Waals surface area contributed by atoms with Crippen LogP contribution in [0.4, 0.5) is 11.6 Å². The standard InChI is InChI=1S/C15H22N4S/c1-5-7-16-14-10(2)15(19-12(4)18-14)17-11(3)13-6-8-20-9-13/h6,8-9,11H,5,7H2,1-4H3,(H2,16,17,18,19). The number of hydrogen-bond donors (Lipinski definition) is 2. The van der Waals surface area contributed by atoms with Gasteiger partial charge in [0.25, 0.3) is 0 Å². The summed E-state index contributed by atoms with van der Waals surface area (Å²) in [5.41, 5.74) is 2.36. The second-order valence-corrected chi connectivity index (χ2v) is 5.72. The van der Waals surface area contributed by atoms with Crippen LogP contribution in [0.3, 0.4) is 0 Å². The molecule has 0 aliphatic carbocycles. The summed E-state index contributed by atoms with van der Waals surface area (Å²) in [6, 6.07) is 2.38. The first kappa shape index (κ1) is 14.8. The Hall–Kier alpha value is -1.62. The van der Waals surface area contributed by atoms with Gasteiger partial charge in [0.05, 0.1) is 6.04 Å². The minimum atomic E-state index is 0.244. The van der Waals surface area contributed by atoms with Crippen LogP contribution < -0.4 is 10.6 Å². The van der Waals surface area contributed by atoms with E-state index in [1.807, 2.05) is 6.92 Å². The summed E-state index contributed by atoms with van der Waals surface area (Å²) in [4.78, 5) is 9.01. The third-order valence-corrected chi connectivity index (χ3v) is 3.90. The van der Waals surface area contributed by atoms with Crippen LogP contribution in [0, 0.1) is 13.8 Å². The molecule has 0 saturated carbocycles. The summed E-state index contributed by atoms with van der Waals surface area (Å²) in [6.45, 7) is 9.21. The van der Waals surface area contributed by atoms with E-state index in [1.165, 1.54) is 5.56 Å². The van der Waals surface area contributed by atoms with Gasteiger partial charge in [0.15, 0.2) is 0 Å². The van der Waals surface area contributed by atoms with Crippen molar-refractivity contribution in [2.24, 2.45) is 0 Å². The Labute approximate surface area is 124 Å². The van der Waals surface area contributed by atoms with Crippen LogP contribution in [0.5, 0.6) is 0 Å². The molecule has 2 rings (SSSR count). The van der Waals surface area contributed by atoms with Gasteiger partial charge < -0.3 is 10.6 Å². The van der Waals surface area contributed by atoms with E-state index >= 15 is 0 Å². The molecule has 2 aromatic rings. The summed E-state index contributed by atoms with van der Waals surface area (Å²) in [5.74, 6) is 2.63. The van der Waals surface area contributed by atoms with Crippen molar-refractivity contribution in [2.75, 3.05) is 17.2 Å². The number of nitrogens with zero attached hydrogens (tertiary/aromatic N) is 2. The van der Waals surface area contributed by atoms with Gasteiger partial charge in [-0.3, -0.25) is 0 Å². The van der Waals surface area contributed by atoms with E-state index in [9.17, 15) is 0 Å². The molecule has 0 fully saturated rings. The maximum absolute atomic E-state index is 4.53. The average Bonchev–Trinajstić information content (AvgIpc) is 2.95. The summed E-state index contributed by atoms with van der Waals surface area (Å²) in [7, 11) is 0. The number of hydrogen-bond acceptors (Lipinski definition) is 5. The highest BCUT2D eigenvalue weighted by molar-refractivity contribution is 7.07. The van der Waals surface area contributed by atoms with Gasteiger partial charge in [-0.05, 0) is 49.6 Å². The molecule has 0 bridgehead atoms. The minimum Gasteiger partial charge on any atom is -0.370 e. The molecule has 1 atom stereocenters. The third-order valence-electron chi connectivity index (χ3n) is 3.20. The summed E-state index contributed by atoms with van der Waals surface area (Å²) in [5, 5.41) is 11.1. The average molecular weight is 290 g/mol. The summed E-state index contributed by atoms with van der Waals surface area (Å²) >= 11 is 1.71. The second-order valence-electron chi connectivity index (χ2n) is 4.94. The highest BCUT2D eigenvalue weighted by atomic mass is 32.1. The fourth-order valence-corrected chi connectivity index (χ4v) is 2.75. The Morgan fingerprint density at radius 3 is 2.65 bits per heavy atom. The van der Waals surface area contributed by atoms with E-state index in [2.05, 4.69) is 58.2 Å². The number of rotatable bonds is 6. The van der Waals surface area contributed by atoms with Crippen molar-refractivity contribution in [3.63, 3.8) is 0 Å². The molecule has 0 saturated heterocycles. The lowest BCUT2D eigenvalue weighted by molar-refractivity contribution is 0.865. The first-order chi connectivity index (χ1) is 9.61. The van der Waals surface area contributed by atoms with Crippen molar-refractivity contribution in [3.8, 4) is 0 Å². The van der Waals surface area contributed by atoms with Crippen LogP contribution in [0.15, 0.2) is 16.8 Å². The minimum absolute atomic E-state index is 0.244. The van der Waals surface area contributed by atoms with Crippen LogP contribution in [-0.4, -0.2) is 16.5 Å². The number of thiophene rings is 1. The molecule has 0 aromatic carbocycles. The second kappa shape index (κ2) is 6.70. The van der Waals surface area contributed by atoms with Gasteiger partial charge in [0.1, 0.15) is 17.5 Å². The van der Waals surface area contributed by atoms with E-state index in [4.69, 9.17) is 0 Å². The highest BCUT2D eigenvalue weighted by Gasteiger charge is 2.12. The van der Waals surface area contributed by atoms with E-state index < -0.39 is 0 Å². The first-order valence-corrected chi connectivity index (χ1v) is 7.93. The summed E-state index contributed by atoms with van der Waals surface area (Å²) < 4.78 is 0. The number of anilines is 2. The Kier molecular flexibility index (Phi) is 4.95. The zero-order valence-corrected chi connectivity index (χ0v) is 13.3. The first-order valence-electron chi connectivity index (χ1n) is 6.99. The molecule has 108 valence electrons. The molecular formula is C15H22N4S. The highest BCUT2D eigenvalue weighted by Crippen LogP contribution is 2.25. The molecule has 2 aromatic heterocycles. The Morgan fingerprint density at radius 2 is 2.00 bits per heavy atom. The lowest BCUT2D eigenvalue weighted by Crippen LogP contribution is -2.13. The van der Waals surface area contributed by atoms with Crippen molar-refractivity contribution in [3.05, 3.63) is 33.8 Å². The van der Waals surface area contributed by atoms with E-state index in [1.54, 1.807) is 11.3 Å². The lowest BCUT2D eigenvalue weighted by atomic mass is 10.1. The molecule has 5 heteroatoms. The Balaban J connectivity index is 2.20. The van der Waals surface area contributed by atoms with Gasteiger partial charge in [-0.2, -0.15) is 11.3 Å². The zero-order chi connectivity index (χ0) is 14.5. The van der Waals surface area contributed by atoms with E-state index in [0.29, 0.717) is 0 Å². The number of aryl methyl sites for hydroxylation is 1. The van der Waals surface area contributed by atoms with Crippen molar-refractivity contribution in [1.82, 2.24) is 9.97 Å². The fraction of sp³-hybridized carbons (Fsp3) is 0.467. The molecule has 1 unspecified atom stereocenters. The van der Waals surface area contributed by atoms with Gasteiger partial charge >= 0.3 is 0 Å². The molecule has 0 spiro atoms.